The highest BCUT2D eigenvalue weighted by atomic mass is 35.5. The van der Waals surface area contributed by atoms with Gasteiger partial charge in [-0.3, -0.25) is 4.79 Å². The molecule has 1 aromatic carbocycles. The van der Waals surface area contributed by atoms with Gasteiger partial charge in [-0.1, -0.05) is 42.4 Å². The fraction of sp³-hybridized carbons (Fsp3) is 0.227. The van der Waals surface area contributed by atoms with E-state index >= 15 is 0 Å². The van der Waals surface area contributed by atoms with Crippen LogP contribution in [0.15, 0.2) is 49.3 Å². The molecule has 30 heavy (non-hydrogen) atoms. The number of thiophene rings is 1. The number of fused-ring (bicyclic) bond motifs is 1. The highest BCUT2D eigenvalue weighted by molar-refractivity contribution is 7.16. The van der Waals surface area contributed by atoms with Crippen molar-refractivity contribution in [1.29, 1.82) is 0 Å². The average Bonchev–Trinajstić information content (AvgIpc) is 3.17. The van der Waals surface area contributed by atoms with Gasteiger partial charge in [-0.05, 0) is 28.8 Å². The van der Waals surface area contributed by atoms with E-state index in [0.29, 0.717) is 34.7 Å². The van der Waals surface area contributed by atoms with E-state index in [1.54, 1.807) is 19.1 Å². The molecule has 3 heterocycles. The summed E-state index contributed by atoms with van der Waals surface area (Å²) in [6.45, 7) is 4.68. The van der Waals surface area contributed by atoms with E-state index in [1.807, 2.05) is 30.3 Å². The molecule has 154 valence electrons. The lowest BCUT2D eigenvalue weighted by molar-refractivity contribution is -0.127. The minimum atomic E-state index is -0.106. The third kappa shape index (κ3) is 3.55. The van der Waals surface area contributed by atoms with Crippen LogP contribution in [0.1, 0.15) is 21.9 Å². The lowest BCUT2D eigenvalue weighted by atomic mass is 9.84. The van der Waals surface area contributed by atoms with Crippen molar-refractivity contribution < 1.29 is 14.3 Å². The lowest BCUT2D eigenvalue weighted by Gasteiger charge is -2.33. The van der Waals surface area contributed by atoms with E-state index in [4.69, 9.17) is 21.1 Å². The molecule has 4 rings (SSSR count). The van der Waals surface area contributed by atoms with Crippen LogP contribution in [0, 0.1) is 0 Å². The number of ether oxygens (including phenoxy) is 2. The minimum Gasteiger partial charge on any atom is -0.480 e. The molecule has 1 atom stereocenters. The second kappa shape index (κ2) is 8.45. The Bertz CT molecular complexity index is 1090. The van der Waals surface area contributed by atoms with E-state index in [-0.39, 0.29) is 11.8 Å². The summed E-state index contributed by atoms with van der Waals surface area (Å²) in [4.78, 5) is 23.8. The van der Waals surface area contributed by atoms with Crippen molar-refractivity contribution in [2.45, 2.75) is 12.5 Å². The Labute approximate surface area is 183 Å². The summed E-state index contributed by atoms with van der Waals surface area (Å²) in [5.41, 5.74) is 3.70. The number of hydrogen-bond donors (Lipinski definition) is 0. The molecule has 0 bridgehead atoms. The Morgan fingerprint density at radius 1 is 1.23 bits per heavy atom. The highest BCUT2D eigenvalue weighted by Crippen LogP contribution is 2.45. The van der Waals surface area contributed by atoms with Gasteiger partial charge in [0.25, 0.3) is 0 Å². The molecule has 0 N–H and O–H groups in total. The van der Waals surface area contributed by atoms with Crippen LogP contribution >= 0.6 is 22.9 Å². The lowest BCUT2D eigenvalue weighted by Crippen LogP contribution is -2.37. The van der Waals surface area contributed by atoms with Crippen molar-refractivity contribution in [1.82, 2.24) is 14.9 Å². The molecular formula is C22H20ClN3O3S. The van der Waals surface area contributed by atoms with E-state index in [9.17, 15) is 4.79 Å². The summed E-state index contributed by atoms with van der Waals surface area (Å²) in [5.74, 6) is 0.665. The summed E-state index contributed by atoms with van der Waals surface area (Å²) in [7, 11) is 3.13. The molecule has 0 saturated heterocycles. The van der Waals surface area contributed by atoms with Gasteiger partial charge in [0.15, 0.2) is 0 Å². The normalized spacial score (nSPS) is 15.4. The second-order valence-electron chi connectivity index (χ2n) is 6.76. The number of halogens is 1. The van der Waals surface area contributed by atoms with Gasteiger partial charge in [-0.2, -0.15) is 0 Å². The Morgan fingerprint density at radius 3 is 2.60 bits per heavy atom. The van der Waals surface area contributed by atoms with Crippen LogP contribution in [-0.2, 0) is 11.3 Å². The van der Waals surface area contributed by atoms with Gasteiger partial charge in [0, 0.05) is 17.3 Å². The summed E-state index contributed by atoms with van der Waals surface area (Å²) >= 11 is 7.85. The van der Waals surface area contributed by atoms with Gasteiger partial charge in [0.1, 0.15) is 11.9 Å². The predicted octanol–water partition coefficient (Wildman–Crippen LogP) is 4.54. The maximum Gasteiger partial charge on any atom is 0.246 e. The van der Waals surface area contributed by atoms with Crippen LogP contribution in [0.4, 0.5) is 0 Å². The van der Waals surface area contributed by atoms with Crippen molar-refractivity contribution >= 4 is 28.8 Å². The Kier molecular flexibility index (Phi) is 5.74. The van der Waals surface area contributed by atoms with Crippen molar-refractivity contribution in [2.75, 3.05) is 20.8 Å². The minimum absolute atomic E-state index is 0.0766. The van der Waals surface area contributed by atoms with Gasteiger partial charge in [-0.25, -0.2) is 9.97 Å². The molecule has 2 aromatic heterocycles. The number of carbonyl (C=O) groups excluding carboxylic acids is 1. The van der Waals surface area contributed by atoms with Gasteiger partial charge in [0.05, 0.1) is 25.1 Å². The first-order chi connectivity index (χ1) is 14.6. The zero-order valence-corrected chi connectivity index (χ0v) is 18.2. The van der Waals surface area contributed by atoms with E-state index in [0.717, 1.165) is 21.6 Å². The van der Waals surface area contributed by atoms with Gasteiger partial charge >= 0.3 is 0 Å². The number of methoxy groups -OCH3 is 2. The van der Waals surface area contributed by atoms with Crippen molar-refractivity contribution in [3.63, 3.8) is 0 Å². The van der Waals surface area contributed by atoms with Crippen LogP contribution in [0.2, 0.25) is 4.34 Å². The molecule has 1 amide bonds. The number of hydrogen-bond acceptors (Lipinski definition) is 6. The molecular weight excluding hydrogens is 422 g/mol. The first kappa shape index (κ1) is 20.4. The molecule has 0 spiro atoms. The van der Waals surface area contributed by atoms with Crippen LogP contribution in [0.25, 0.3) is 11.1 Å². The largest absolute Gasteiger partial charge is 0.480 e. The molecule has 0 aliphatic carbocycles. The van der Waals surface area contributed by atoms with Gasteiger partial charge in [0.2, 0.25) is 17.7 Å². The second-order valence-corrected chi connectivity index (χ2v) is 8.53. The van der Waals surface area contributed by atoms with Crippen LogP contribution in [0.3, 0.4) is 0 Å². The Balaban J connectivity index is 1.91. The first-order valence-electron chi connectivity index (χ1n) is 9.29. The maximum atomic E-state index is 12.4. The number of aromatic nitrogens is 2. The fourth-order valence-corrected chi connectivity index (χ4v) is 5.23. The maximum absolute atomic E-state index is 12.4. The zero-order chi connectivity index (χ0) is 21.3. The molecule has 0 unspecified atom stereocenters. The first-order valence-corrected chi connectivity index (χ1v) is 10.5. The smallest absolute Gasteiger partial charge is 0.246 e. The van der Waals surface area contributed by atoms with Crippen molar-refractivity contribution in [3.05, 3.63) is 69.7 Å². The summed E-state index contributed by atoms with van der Waals surface area (Å²) in [6.07, 6.45) is 2.76. The molecule has 0 fully saturated rings. The molecule has 1 aliphatic heterocycles. The monoisotopic (exact) mass is 441 g/mol. The number of nitrogens with zero attached hydrogens (tertiary/aromatic N) is 3. The highest BCUT2D eigenvalue weighted by Gasteiger charge is 2.32. The summed E-state index contributed by atoms with van der Waals surface area (Å²) in [5, 5.41) is 0. The zero-order valence-electron chi connectivity index (χ0n) is 16.6. The van der Waals surface area contributed by atoms with E-state index in [1.165, 1.54) is 23.7 Å². The van der Waals surface area contributed by atoms with Gasteiger partial charge < -0.3 is 14.4 Å². The van der Waals surface area contributed by atoms with Crippen LogP contribution in [-0.4, -0.2) is 41.5 Å². The molecule has 0 saturated carbocycles. The Morgan fingerprint density at radius 2 is 1.93 bits per heavy atom. The third-order valence-electron chi connectivity index (χ3n) is 5.18. The molecule has 0 radical (unpaired) electrons. The summed E-state index contributed by atoms with van der Waals surface area (Å²) < 4.78 is 11.7. The topological polar surface area (TPSA) is 64.6 Å². The fourth-order valence-electron chi connectivity index (χ4n) is 3.87. The number of carbonyl (C=O) groups is 1. The predicted molar refractivity (Wildman–Crippen MR) is 117 cm³/mol. The molecule has 1 aliphatic rings. The van der Waals surface area contributed by atoms with Crippen LogP contribution < -0.4 is 9.47 Å². The molecule has 6 nitrogen and oxygen atoms in total. The van der Waals surface area contributed by atoms with E-state index in [2.05, 4.69) is 16.5 Å². The van der Waals surface area contributed by atoms with E-state index < -0.39 is 0 Å². The quantitative estimate of drug-likeness (QED) is 0.544. The van der Waals surface area contributed by atoms with Crippen molar-refractivity contribution in [3.8, 4) is 22.9 Å². The Hall–Kier alpha value is -2.90. The van der Waals surface area contributed by atoms with Gasteiger partial charge in [-0.15, -0.1) is 11.3 Å². The number of rotatable bonds is 5. The standard InChI is InChI=1S/C22H20ClN3O3S/c1-4-19(27)26-10-16(15-9-18(23)30-17(15)11-26)13-7-5-6-8-14(13)20-21(28-2)24-12-25-22(20)29-3/h4-9,12,16H,1,10-11H2,2-3H3/t16-/m0/s1. The number of amides is 1. The third-order valence-corrected chi connectivity index (χ3v) is 6.45. The average molecular weight is 442 g/mol. The van der Waals surface area contributed by atoms with Crippen molar-refractivity contribution in [2.24, 2.45) is 0 Å². The number of benzene rings is 1. The van der Waals surface area contributed by atoms with Crippen LogP contribution in [0.5, 0.6) is 11.8 Å². The molecule has 8 heteroatoms. The summed E-state index contributed by atoms with van der Waals surface area (Å²) in [6, 6.07) is 9.95. The molecule has 3 aromatic rings. The SMILES string of the molecule is C=CC(=O)N1Cc2sc(Cl)cc2[C@H](c2ccccc2-c2c(OC)ncnc2OC)C1.